The Labute approximate surface area is 146 Å². The van der Waals surface area contributed by atoms with Crippen molar-refractivity contribution in [1.29, 1.82) is 0 Å². The smallest absolute Gasteiger partial charge is 0.207 e. The highest BCUT2D eigenvalue weighted by Gasteiger charge is 2.77. The van der Waals surface area contributed by atoms with Gasteiger partial charge in [0.15, 0.2) is 17.6 Å². The van der Waals surface area contributed by atoms with Gasteiger partial charge < -0.3 is 29.3 Å². The highest BCUT2D eigenvalue weighted by molar-refractivity contribution is 5.62. The summed E-state index contributed by atoms with van der Waals surface area (Å²) in [6, 6.07) is 3.75. The fraction of sp³-hybridized carbons (Fsp3) is 0.684. The molecule has 5 aliphatic rings. The summed E-state index contributed by atoms with van der Waals surface area (Å²) in [4.78, 5) is 2.28. The first kappa shape index (κ1) is 14.8. The van der Waals surface area contributed by atoms with E-state index >= 15 is 0 Å². The van der Waals surface area contributed by atoms with E-state index in [0.717, 1.165) is 24.9 Å². The third-order valence-electron chi connectivity index (χ3n) is 7.51. The Balaban J connectivity index is 1.67. The average molecular weight is 345 g/mol. The van der Waals surface area contributed by atoms with Gasteiger partial charge in [-0.25, -0.2) is 0 Å². The third-order valence-corrected chi connectivity index (χ3v) is 7.51. The number of hydrogen-bond acceptors (Lipinski definition) is 6. The van der Waals surface area contributed by atoms with Gasteiger partial charge in [0.25, 0.3) is 0 Å². The minimum absolute atomic E-state index is 0.0501. The molecule has 4 atom stereocenters. The van der Waals surface area contributed by atoms with Crippen LogP contribution in [0.4, 0.5) is 0 Å². The number of aliphatic hydroxyl groups is 1. The van der Waals surface area contributed by atoms with Gasteiger partial charge in [0.05, 0.1) is 24.2 Å². The van der Waals surface area contributed by atoms with E-state index in [0.29, 0.717) is 31.8 Å². The van der Waals surface area contributed by atoms with Crippen LogP contribution in [0.5, 0.6) is 11.5 Å². The van der Waals surface area contributed by atoms with Crippen molar-refractivity contribution in [2.24, 2.45) is 0 Å². The molecule has 2 bridgehead atoms. The molecular weight excluding hydrogens is 322 g/mol. The van der Waals surface area contributed by atoms with Gasteiger partial charge in [0.2, 0.25) is 5.79 Å². The number of fused-ring (bicyclic) bond motifs is 1. The number of aromatic hydroxyl groups is 1. The zero-order valence-electron chi connectivity index (χ0n) is 14.3. The largest absolute Gasteiger partial charge is 0.504 e. The molecule has 3 heterocycles. The summed E-state index contributed by atoms with van der Waals surface area (Å²) in [7, 11) is 2.10. The van der Waals surface area contributed by atoms with Crippen LogP contribution in [0.2, 0.25) is 0 Å². The summed E-state index contributed by atoms with van der Waals surface area (Å²) in [6.07, 6.45) is 2.38. The SMILES string of the molecule is CN1CC[C@]23c4c5ccc(O)c4O[C@H]2C2(CC[C@@]3(O)[C@H]1C5)OCCO2. The molecule has 1 aromatic rings. The lowest BCUT2D eigenvalue weighted by Crippen LogP contribution is -2.79. The standard InChI is InChI=1S/C19H23NO5/c1-20-7-6-17-14-11-2-3-12(21)15(14)25-16(17)19(23-8-9-24-19)5-4-18(17,22)13(20)10-11/h2-3,13,16,21-22H,4-10H2,1H3/t13-,16-,17+,18-/m1/s1. The first-order chi connectivity index (χ1) is 12.0. The summed E-state index contributed by atoms with van der Waals surface area (Å²) in [5, 5.41) is 22.5. The van der Waals surface area contributed by atoms with Crippen LogP contribution in [0.3, 0.4) is 0 Å². The van der Waals surface area contributed by atoms with Crippen molar-refractivity contribution in [3.8, 4) is 11.5 Å². The van der Waals surface area contributed by atoms with Crippen molar-refractivity contribution in [2.75, 3.05) is 26.8 Å². The summed E-state index contributed by atoms with van der Waals surface area (Å²) < 4.78 is 18.5. The Bertz CT molecular complexity index is 775. The van der Waals surface area contributed by atoms with Gasteiger partial charge in [-0.3, -0.25) is 0 Å². The highest BCUT2D eigenvalue weighted by Crippen LogP contribution is 2.67. The molecule has 2 saturated heterocycles. The minimum Gasteiger partial charge on any atom is -0.504 e. The van der Waals surface area contributed by atoms with Gasteiger partial charge in [-0.1, -0.05) is 6.07 Å². The number of likely N-dealkylation sites (tertiary alicyclic amines) is 1. The van der Waals surface area contributed by atoms with Crippen molar-refractivity contribution in [3.63, 3.8) is 0 Å². The second kappa shape index (κ2) is 4.31. The zero-order chi connectivity index (χ0) is 17.0. The number of benzene rings is 1. The molecule has 2 spiro atoms. The monoisotopic (exact) mass is 345 g/mol. The fourth-order valence-electron chi connectivity index (χ4n) is 6.48. The molecule has 3 aliphatic heterocycles. The highest BCUT2D eigenvalue weighted by atomic mass is 16.8. The Morgan fingerprint density at radius 2 is 1.96 bits per heavy atom. The predicted molar refractivity (Wildman–Crippen MR) is 87.8 cm³/mol. The normalized spacial score (nSPS) is 43.1. The fourth-order valence-corrected chi connectivity index (χ4v) is 6.48. The molecule has 3 fully saturated rings. The number of piperidine rings is 1. The molecule has 25 heavy (non-hydrogen) atoms. The molecule has 6 rings (SSSR count). The Hall–Kier alpha value is -1.34. The van der Waals surface area contributed by atoms with Crippen LogP contribution >= 0.6 is 0 Å². The summed E-state index contributed by atoms with van der Waals surface area (Å²) in [6.45, 7) is 1.98. The summed E-state index contributed by atoms with van der Waals surface area (Å²) >= 11 is 0. The number of likely N-dealkylation sites (N-methyl/N-ethyl adjacent to an activating group) is 1. The van der Waals surface area contributed by atoms with Crippen molar-refractivity contribution in [1.82, 2.24) is 4.90 Å². The van der Waals surface area contributed by atoms with E-state index in [4.69, 9.17) is 14.2 Å². The van der Waals surface area contributed by atoms with E-state index in [1.165, 1.54) is 5.56 Å². The van der Waals surface area contributed by atoms with Crippen LogP contribution in [-0.2, 0) is 21.3 Å². The van der Waals surface area contributed by atoms with Crippen LogP contribution in [0.15, 0.2) is 12.1 Å². The number of phenols is 1. The molecule has 134 valence electrons. The average Bonchev–Trinajstić information content (AvgIpc) is 3.19. The van der Waals surface area contributed by atoms with Gasteiger partial charge in [-0.15, -0.1) is 0 Å². The zero-order valence-corrected chi connectivity index (χ0v) is 14.3. The van der Waals surface area contributed by atoms with Crippen molar-refractivity contribution in [3.05, 3.63) is 23.3 Å². The topological polar surface area (TPSA) is 71.4 Å². The minimum atomic E-state index is -0.892. The molecule has 0 radical (unpaired) electrons. The maximum Gasteiger partial charge on any atom is 0.207 e. The van der Waals surface area contributed by atoms with Crippen LogP contribution in [0, 0.1) is 0 Å². The maximum absolute atomic E-state index is 12.0. The van der Waals surface area contributed by atoms with Crippen LogP contribution in [-0.4, -0.2) is 65.5 Å². The second-order valence-corrected chi connectivity index (χ2v) is 8.30. The molecule has 0 aromatic heterocycles. The van der Waals surface area contributed by atoms with Crippen molar-refractivity contribution in [2.45, 2.75) is 54.6 Å². The van der Waals surface area contributed by atoms with Gasteiger partial charge >= 0.3 is 0 Å². The quantitative estimate of drug-likeness (QED) is 0.729. The maximum atomic E-state index is 12.0. The molecule has 6 heteroatoms. The first-order valence-corrected chi connectivity index (χ1v) is 9.24. The number of hydrogen-bond donors (Lipinski definition) is 2. The summed E-state index contributed by atoms with van der Waals surface area (Å²) in [5.74, 6) is -0.132. The molecule has 0 amide bonds. The lowest BCUT2D eigenvalue weighted by Gasteiger charge is -2.64. The van der Waals surface area contributed by atoms with E-state index in [1.807, 2.05) is 6.07 Å². The van der Waals surface area contributed by atoms with E-state index in [1.54, 1.807) is 6.07 Å². The lowest BCUT2D eigenvalue weighted by atomic mass is 9.48. The lowest BCUT2D eigenvalue weighted by molar-refractivity contribution is -0.295. The molecule has 1 aromatic carbocycles. The Morgan fingerprint density at radius 3 is 2.76 bits per heavy atom. The van der Waals surface area contributed by atoms with Gasteiger partial charge in [-0.05, 0) is 44.5 Å². The van der Waals surface area contributed by atoms with Crippen molar-refractivity contribution >= 4 is 0 Å². The molecule has 0 unspecified atom stereocenters. The van der Waals surface area contributed by atoms with E-state index in [2.05, 4.69) is 11.9 Å². The van der Waals surface area contributed by atoms with Crippen LogP contribution in [0.25, 0.3) is 0 Å². The van der Waals surface area contributed by atoms with Crippen molar-refractivity contribution < 1.29 is 24.4 Å². The van der Waals surface area contributed by atoms with E-state index < -0.39 is 22.9 Å². The number of phenolic OH excluding ortho intramolecular Hbond substituents is 1. The Kier molecular flexibility index (Phi) is 2.55. The molecular formula is C19H23NO5. The number of nitrogens with zero attached hydrogens (tertiary/aromatic N) is 1. The van der Waals surface area contributed by atoms with E-state index in [9.17, 15) is 10.2 Å². The van der Waals surface area contributed by atoms with Gasteiger partial charge in [0, 0.05) is 18.0 Å². The van der Waals surface area contributed by atoms with Crippen LogP contribution in [0.1, 0.15) is 30.4 Å². The molecule has 1 saturated carbocycles. The third kappa shape index (κ3) is 1.42. The molecule has 2 N–H and O–H groups in total. The van der Waals surface area contributed by atoms with Crippen LogP contribution < -0.4 is 4.74 Å². The molecule has 2 aliphatic carbocycles. The number of rotatable bonds is 0. The first-order valence-electron chi connectivity index (χ1n) is 9.24. The second-order valence-electron chi connectivity index (χ2n) is 8.30. The van der Waals surface area contributed by atoms with Gasteiger partial charge in [-0.2, -0.15) is 0 Å². The van der Waals surface area contributed by atoms with E-state index in [-0.39, 0.29) is 11.8 Å². The molecule has 6 nitrogen and oxygen atoms in total. The predicted octanol–water partition coefficient (Wildman–Crippen LogP) is 0.919. The van der Waals surface area contributed by atoms with Gasteiger partial charge in [0.1, 0.15) is 0 Å². The number of ether oxygens (including phenoxy) is 3. The Morgan fingerprint density at radius 1 is 1.16 bits per heavy atom. The summed E-state index contributed by atoms with van der Waals surface area (Å²) in [5.41, 5.74) is 0.709.